The predicted molar refractivity (Wildman–Crippen MR) is 93.6 cm³/mol. The largest absolute Gasteiger partial charge is 0.469 e. The van der Waals surface area contributed by atoms with E-state index in [0.717, 1.165) is 56.3 Å². The van der Waals surface area contributed by atoms with Gasteiger partial charge in [0.15, 0.2) is 0 Å². The smallest absolute Gasteiger partial charge is 0.336 e. The number of nitrogens with one attached hydrogen (secondary N) is 1. The van der Waals surface area contributed by atoms with E-state index in [9.17, 15) is 9.59 Å². The van der Waals surface area contributed by atoms with Crippen molar-refractivity contribution in [2.75, 3.05) is 20.2 Å². The first-order valence-electron chi connectivity index (χ1n) is 9.14. The second kappa shape index (κ2) is 6.64. The molecule has 1 saturated heterocycles. The Morgan fingerprint density at radius 3 is 2.64 bits per heavy atom. The van der Waals surface area contributed by atoms with Crippen molar-refractivity contribution in [3.63, 3.8) is 0 Å². The Hall–Kier alpha value is -2.14. The van der Waals surface area contributed by atoms with E-state index in [4.69, 9.17) is 9.15 Å². The van der Waals surface area contributed by atoms with Crippen molar-refractivity contribution in [1.82, 2.24) is 0 Å². The van der Waals surface area contributed by atoms with Crippen molar-refractivity contribution in [2.24, 2.45) is 5.92 Å². The van der Waals surface area contributed by atoms with Gasteiger partial charge >= 0.3 is 11.6 Å². The number of carbonyl (C=O) groups excluding carboxylic acids is 1. The number of fused-ring (bicyclic) bond motifs is 2. The second-order valence-corrected chi connectivity index (χ2v) is 7.29. The highest BCUT2D eigenvalue weighted by Crippen LogP contribution is 2.28. The van der Waals surface area contributed by atoms with Gasteiger partial charge in [0.25, 0.3) is 0 Å². The molecule has 2 heterocycles. The Morgan fingerprint density at radius 1 is 1.20 bits per heavy atom. The Bertz CT molecular complexity index is 862. The molecule has 1 N–H and O–H groups in total. The normalized spacial score (nSPS) is 22.8. The Balaban J connectivity index is 1.58. The molecule has 0 radical (unpaired) electrons. The van der Waals surface area contributed by atoms with Gasteiger partial charge in [-0.1, -0.05) is 0 Å². The minimum Gasteiger partial charge on any atom is -0.469 e. The topological polar surface area (TPSA) is 61.0 Å². The van der Waals surface area contributed by atoms with Crippen LogP contribution in [-0.4, -0.2) is 26.2 Å². The van der Waals surface area contributed by atoms with E-state index in [2.05, 4.69) is 12.1 Å². The number of piperidine rings is 1. The summed E-state index contributed by atoms with van der Waals surface area (Å²) in [6, 6.07) is 5.92. The number of esters is 1. The number of carbonyl (C=O) groups is 1. The lowest BCUT2D eigenvalue weighted by Gasteiger charge is -2.28. The highest BCUT2D eigenvalue weighted by atomic mass is 16.5. The molecule has 1 fully saturated rings. The fraction of sp³-hybridized carbons (Fsp3) is 0.500. The first-order chi connectivity index (χ1) is 12.1. The molecule has 132 valence electrons. The van der Waals surface area contributed by atoms with E-state index in [1.807, 2.05) is 0 Å². The molecule has 4 rings (SSSR count). The van der Waals surface area contributed by atoms with Gasteiger partial charge in [0.05, 0.1) is 26.1 Å². The maximum atomic E-state index is 12.0. The molecule has 5 heteroatoms. The zero-order valence-electron chi connectivity index (χ0n) is 14.6. The van der Waals surface area contributed by atoms with Gasteiger partial charge in [-0.3, -0.25) is 4.79 Å². The minimum atomic E-state index is -0.274. The van der Waals surface area contributed by atoms with Crippen molar-refractivity contribution in [3.05, 3.63) is 45.3 Å². The number of aryl methyl sites for hydroxylation is 2. The zero-order chi connectivity index (χ0) is 17.4. The van der Waals surface area contributed by atoms with E-state index in [0.29, 0.717) is 5.58 Å². The number of hydrogen-bond donors (Lipinski definition) is 1. The van der Waals surface area contributed by atoms with Gasteiger partial charge in [0.2, 0.25) is 0 Å². The third-order valence-electron chi connectivity index (χ3n) is 5.71. The average Bonchev–Trinajstić information content (AvgIpc) is 3.07. The summed E-state index contributed by atoms with van der Waals surface area (Å²) in [5.41, 5.74) is 4.21. The number of ether oxygens (including phenoxy) is 1. The van der Waals surface area contributed by atoms with Crippen LogP contribution in [0, 0.1) is 5.92 Å². The van der Waals surface area contributed by atoms with Gasteiger partial charge in [0.1, 0.15) is 12.1 Å². The van der Waals surface area contributed by atoms with E-state index in [-0.39, 0.29) is 17.5 Å². The first kappa shape index (κ1) is 16.3. The molecule has 1 aromatic carbocycles. The van der Waals surface area contributed by atoms with E-state index >= 15 is 0 Å². The summed E-state index contributed by atoms with van der Waals surface area (Å²) < 4.78 is 10.3. The standard InChI is InChI=1S/C20H23NO4/c1-24-20(23)13-5-7-21(8-6-13)12-16-11-19(22)25-18-10-15-4-2-3-14(15)9-17(16)18/h9-11,13H,2-8,12H2,1H3/p+1. The van der Waals surface area contributed by atoms with E-state index in [1.54, 1.807) is 6.07 Å². The lowest BCUT2D eigenvalue weighted by molar-refractivity contribution is -0.919. The van der Waals surface area contributed by atoms with Crippen molar-refractivity contribution in [1.29, 1.82) is 0 Å². The molecule has 0 atom stereocenters. The molecule has 0 unspecified atom stereocenters. The van der Waals surface area contributed by atoms with Crippen molar-refractivity contribution >= 4 is 16.9 Å². The highest BCUT2D eigenvalue weighted by Gasteiger charge is 2.28. The summed E-state index contributed by atoms with van der Waals surface area (Å²) in [6.07, 6.45) is 5.05. The van der Waals surface area contributed by atoms with Crippen LogP contribution in [0.15, 0.2) is 27.4 Å². The summed E-state index contributed by atoms with van der Waals surface area (Å²) in [5, 5.41) is 1.07. The second-order valence-electron chi connectivity index (χ2n) is 7.29. The van der Waals surface area contributed by atoms with Crippen LogP contribution in [0.1, 0.15) is 36.0 Å². The van der Waals surface area contributed by atoms with E-state index in [1.165, 1.54) is 29.6 Å². The van der Waals surface area contributed by atoms with Crippen molar-refractivity contribution < 1.29 is 18.8 Å². The van der Waals surface area contributed by atoms with Gasteiger partial charge in [-0.05, 0) is 42.5 Å². The van der Waals surface area contributed by atoms with Crippen LogP contribution in [-0.2, 0) is 28.9 Å². The number of likely N-dealkylation sites (tertiary alicyclic amines) is 1. The Labute approximate surface area is 146 Å². The number of rotatable bonds is 3. The van der Waals surface area contributed by atoms with Crippen LogP contribution in [0.5, 0.6) is 0 Å². The molecule has 1 aliphatic carbocycles. The molecule has 0 saturated carbocycles. The van der Waals surface area contributed by atoms with Gasteiger partial charge in [-0.15, -0.1) is 0 Å². The van der Waals surface area contributed by atoms with Crippen LogP contribution in [0.2, 0.25) is 0 Å². The van der Waals surface area contributed by atoms with Crippen molar-refractivity contribution in [2.45, 2.75) is 38.6 Å². The first-order valence-corrected chi connectivity index (χ1v) is 9.14. The van der Waals surface area contributed by atoms with Crippen LogP contribution < -0.4 is 10.5 Å². The maximum absolute atomic E-state index is 12.0. The van der Waals surface area contributed by atoms with E-state index < -0.39 is 0 Å². The molecule has 2 aromatic rings. The number of quaternary nitrogens is 1. The third kappa shape index (κ3) is 3.21. The number of benzene rings is 1. The Morgan fingerprint density at radius 2 is 1.92 bits per heavy atom. The predicted octanol–water partition coefficient (Wildman–Crippen LogP) is 1.25. The lowest BCUT2D eigenvalue weighted by Crippen LogP contribution is -3.11. The highest BCUT2D eigenvalue weighted by molar-refractivity contribution is 5.82. The fourth-order valence-corrected chi connectivity index (χ4v) is 4.32. The van der Waals surface area contributed by atoms with Gasteiger partial charge in [0, 0.05) is 29.9 Å². The summed E-state index contributed by atoms with van der Waals surface area (Å²) in [7, 11) is 1.45. The fourth-order valence-electron chi connectivity index (χ4n) is 4.32. The molecule has 1 aliphatic heterocycles. The minimum absolute atomic E-state index is 0.0228. The molecule has 1 aromatic heterocycles. The average molecular weight is 342 g/mol. The molecule has 25 heavy (non-hydrogen) atoms. The van der Waals surface area contributed by atoms with Gasteiger partial charge in [-0.2, -0.15) is 0 Å². The third-order valence-corrected chi connectivity index (χ3v) is 5.71. The quantitative estimate of drug-likeness (QED) is 0.674. The zero-order valence-corrected chi connectivity index (χ0v) is 14.6. The van der Waals surface area contributed by atoms with Crippen molar-refractivity contribution in [3.8, 4) is 0 Å². The monoisotopic (exact) mass is 342 g/mol. The van der Waals surface area contributed by atoms with Gasteiger partial charge in [-0.25, -0.2) is 4.79 Å². The molecular formula is C20H24NO4+. The molecule has 5 nitrogen and oxygen atoms in total. The van der Waals surface area contributed by atoms with Crippen LogP contribution in [0.25, 0.3) is 11.0 Å². The van der Waals surface area contributed by atoms with Crippen LogP contribution >= 0.6 is 0 Å². The van der Waals surface area contributed by atoms with Gasteiger partial charge < -0.3 is 14.1 Å². The van der Waals surface area contributed by atoms with Crippen LogP contribution in [0.3, 0.4) is 0 Å². The SMILES string of the molecule is COC(=O)C1CC[NH+](Cc2cc(=O)oc3cc4c(cc23)CCC4)CC1. The summed E-state index contributed by atoms with van der Waals surface area (Å²) in [4.78, 5) is 25.1. The molecule has 0 spiro atoms. The maximum Gasteiger partial charge on any atom is 0.336 e. The number of methoxy groups -OCH3 is 1. The Kier molecular flexibility index (Phi) is 4.34. The molecule has 0 bridgehead atoms. The molecule has 2 aliphatic rings. The molecule has 0 amide bonds. The molecular weight excluding hydrogens is 318 g/mol. The summed E-state index contributed by atoms with van der Waals surface area (Å²) in [5.74, 6) is -0.0741. The lowest BCUT2D eigenvalue weighted by atomic mass is 9.96. The number of hydrogen-bond acceptors (Lipinski definition) is 4. The van der Waals surface area contributed by atoms with Crippen LogP contribution in [0.4, 0.5) is 0 Å². The summed E-state index contributed by atoms with van der Waals surface area (Å²) >= 11 is 0. The summed E-state index contributed by atoms with van der Waals surface area (Å²) in [6.45, 7) is 2.65.